The van der Waals surface area contributed by atoms with Gasteiger partial charge < -0.3 is 10.2 Å². The smallest absolute Gasteiger partial charge is 0.225 e. The van der Waals surface area contributed by atoms with Crippen molar-refractivity contribution in [3.05, 3.63) is 0 Å². The summed E-state index contributed by atoms with van der Waals surface area (Å²) in [6, 6.07) is 0.329. The van der Waals surface area contributed by atoms with Gasteiger partial charge in [0.1, 0.15) is 0 Å². The molecule has 1 fully saturated rings. The van der Waals surface area contributed by atoms with Crippen molar-refractivity contribution in [2.24, 2.45) is 11.3 Å². The maximum atomic E-state index is 11.9. The van der Waals surface area contributed by atoms with E-state index in [2.05, 4.69) is 24.1 Å². The van der Waals surface area contributed by atoms with Gasteiger partial charge >= 0.3 is 0 Å². The Bertz CT molecular complexity index is 245. The Morgan fingerprint density at radius 2 is 2.00 bits per heavy atom. The van der Waals surface area contributed by atoms with Crippen LogP contribution in [0.1, 0.15) is 41.0 Å². The van der Waals surface area contributed by atoms with Crippen LogP contribution >= 0.6 is 0 Å². The number of likely N-dealkylation sites (N-methyl/N-ethyl adjacent to an activating group) is 1. The first-order chi connectivity index (χ1) is 7.32. The molecule has 0 aliphatic carbocycles. The first-order valence-corrected chi connectivity index (χ1v) is 6.36. The molecule has 1 rings (SSSR count). The van der Waals surface area contributed by atoms with E-state index in [1.807, 2.05) is 20.8 Å². The van der Waals surface area contributed by atoms with Crippen molar-refractivity contribution in [2.75, 3.05) is 19.6 Å². The molecule has 1 heterocycles. The SMILES string of the molecule is CCN1CC(C)CC(NC(=O)C(C)(C)C)C1. The average Bonchev–Trinajstić information content (AvgIpc) is 2.15. The van der Waals surface area contributed by atoms with Crippen molar-refractivity contribution >= 4 is 5.91 Å². The van der Waals surface area contributed by atoms with Gasteiger partial charge in [-0.1, -0.05) is 34.6 Å². The molecule has 3 heteroatoms. The van der Waals surface area contributed by atoms with E-state index in [0.717, 1.165) is 19.5 Å². The van der Waals surface area contributed by atoms with E-state index >= 15 is 0 Å². The highest BCUT2D eigenvalue weighted by molar-refractivity contribution is 5.81. The molecule has 1 amide bonds. The van der Waals surface area contributed by atoms with Crippen molar-refractivity contribution < 1.29 is 4.79 Å². The highest BCUT2D eigenvalue weighted by atomic mass is 16.2. The standard InChI is InChI=1S/C13H26N2O/c1-6-15-8-10(2)7-11(9-15)14-12(16)13(3,4)5/h10-11H,6-9H2,1-5H3,(H,14,16). The Hall–Kier alpha value is -0.570. The Balaban J connectivity index is 2.51. The molecule has 3 nitrogen and oxygen atoms in total. The maximum Gasteiger partial charge on any atom is 0.225 e. The second-order valence-electron chi connectivity index (χ2n) is 6.11. The number of hydrogen-bond acceptors (Lipinski definition) is 2. The van der Waals surface area contributed by atoms with Gasteiger partial charge in [0.2, 0.25) is 5.91 Å². The van der Waals surface area contributed by atoms with Crippen LogP contribution in [0, 0.1) is 11.3 Å². The lowest BCUT2D eigenvalue weighted by atomic mass is 9.92. The van der Waals surface area contributed by atoms with Crippen LogP contribution in [0.15, 0.2) is 0 Å². The fraction of sp³-hybridized carbons (Fsp3) is 0.923. The fourth-order valence-electron chi connectivity index (χ4n) is 2.23. The number of rotatable bonds is 2. The number of nitrogens with zero attached hydrogens (tertiary/aromatic N) is 1. The minimum absolute atomic E-state index is 0.169. The van der Waals surface area contributed by atoms with Crippen molar-refractivity contribution in [2.45, 2.75) is 47.1 Å². The third-order valence-corrected chi connectivity index (χ3v) is 3.20. The summed E-state index contributed by atoms with van der Waals surface area (Å²) in [6.07, 6.45) is 1.11. The summed E-state index contributed by atoms with van der Waals surface area (Å²) in [6.45, 7) is 13.6. The van der Waals surface area contributed by atoms with Gasteiger partial charge in [0.15, 0.2) is 0 Å². The lowest BCUT2D eigenvalue weighted by Crippen LogP contribution is -2.52. The molecule has 1 aliphatic heterocycles. The van der Waals surface area contributed by atoms with Crippen LogP contribution in [-0.4, -0.2) is 36.5 Å². The summed E-state index contributed by atoms with van der Waals surface area (Å²) < 4.78 is 0. The number of likely N-dealkylation sites (tertiary alicyclic amines) is 1. The molecule has 0 aromatic rings. The Kier molecular flexibility index (Phi) is 4.36. The number of carbonyl (C=O) groups is 1. The number of carbonyl (C=O) groups excluding carboxylic acids is 1. The molecule has 0 saturated carbocycles. The molecule has 1 saturated heterocycles. The van der Waals surface area contributed by atoms with E-state index < -0.39 is 0 Å². The van der Waals surface area contributed by atoms with Gasteiger partial charge in [0.25, 0.3) is 0 Å². The summed E-state index contributed by atoms with van der Waals surface area (Å²) in [4.78, 5) is 14.3. The molecule has 1 N–H and O–H groups in total. The Labute approximate surface area is 99.6 Å². The zero-order valence-electron chi connectivity index (χ0n) is 11.3. The van der Waals surface area contributed by atoms with Gasteiger partial charge in [-0.05, 0) is 18.9 Å². The molecule has 2 atom stereocenters. The molecule has 0 bridgehead atoms. The molecule has 16 heavy (non-hydrogen) atoms. The summed E-state index contributed by atoms with van der Waals surface area (Å²) in [5.74, 6) is 0.849. The van der Waals surface area contributed by atoms with E-state index in [0.29, 0.717) is 12.0 Å². The molecule has 0 spiro atoms. The molecule has 1 aliphatic rings. The summed E-state index contributed by atoms with van der Waals surface area (Å²) in [5, 5.41) is 3.17. The summed E-state index contributed by atoms with van der Waals surface area (Å²) >= 11 is 0. The molecule has 2 unspecified atom stereocenters. The highest BCUT2D eigenvalue weighted by Crippen LogP contribution is 2.18. The molecule has 0 aromatic carbocycles. The van der Waals surface area contributed by atoms with E-state index in [4.69, 9.17) is 0 Å². The van der Waals surface area contributed by atoms with Crippen LogP contribution in [0.25, 0.3) is 0 Å². The first-order valence-electron chi connectivity index (χ1n) is 6.36. The summed E-state index contributed by atoms with van der Waals surface area (Å²) in [7, 11) is 0. The molecular weight excluding hydrogens is 200 g/mol. The van der Waals surface area contributed by atoms with Gasteiger partial charge in [-0.25, -0.2) is 0 Å². The largest absolute Gasteiger partial charge is 0.352 e. The predicted octanol–water partition coefficient (Wildman–Crippen LogP) is 1.88. The zero-order chi connectivity index (χ0) is 12.3. The molecular formula is C13H26N2O. The van der Waals surface area contributed by atoms with Crippen molar-refractivity contribution in [1.29, 1.82) is 0 Å². The topological polar surface area (TPSA) is 32.3 Å². The molecule has 94 valence electrons. The van der Waals surface area contributed by atoms with E-state index in [-0.39, 0.29) is 11.3 Å². The van der Waals surface area contributed by atoms with Gasteiger partial charge in [-0.15, -0.1) is 0 Å². The minimum Gasteiger partial charge on any atom is -0.352 e. The third-order valence-electron chi connectivity index (χ3n) is 3.20. The minimum atomic E-state index is -0.280. The van der Waals surface area contributed by atoms with Gasteiger partial charge in [0.05, 0.1) is 0 Å². The van der Waals surface area contributed by atoms with Gasteiger partial charge in [-0.2, -0.15) is 0 Å². The Morgan fingerprint density at radius 1 is 1.38 bits per heavy atom. The number of piperidine rings is 1. The van der Waals surface area contributed by atoms with E-state index in [9.17, 15) is 4.79 Å². The van der Waals surface area contributed by atoms with Crippen LogP contribution < -0.4 is 5.32 Å². The van der Waals surface area contributed by atoms with Crippen LogP contribution in [0.3, 0.4) is 0 Å². The van der Waals surface area contributed by atoms with Crippen molar-refractivity contribution in [3.8, 4) is 0 Å². The van der Waals surface area contributed by atoms with E-state index in [1.54, 1.807) is 0 Å². The second kappa shape index (κ2) is 5.17. The molecule has 0 radical (unpaired) electrons. The van der Waals surface area contributed by atoms with Crippen LogP contribution in [0.4, 0.5) is 0 Å². The highest BCUT2D eigenvalue weighted by Gasteiger charge is 2.28. The zero-order valence-corrected chi connectivity index (χ0v) is 11.3. The average molecular weight is 226 g/mol. The monoisotopic (exact) mass is 226 g/mol. The molecule has 0 aromatic heterocycles. The van der Waals surface area contributed by atoms with Crippen LogP contribution in [0.2, 0.25) is 0 Å². The van der Waals surface area contributed by atoms with Crippen molar-refractivity contribution in [1.82, 2.24) is 10.2 Å². The number of amides is 1. The number of hydrogen-bond donors (Lipinski definition) is 1. The summed E-state index contributed by atoms with van der Waals surface area (Å²) in [5.41, 5.74) is -0.280. The fourth-order valence-corrected chi connectivity index (χ4v) is 2.23. The number of nitrogens with one attached hydrogen (secondary N) is 1. The quantitative estimate of drug-likeness (QED) is 0.779. The van der Waals surface area contributed by atoms with E-state index in [1.165, 1.54) is 6.54 Å². The van der Waals surface area contributed by atoms with Gasteiger partial charge in [-0.3, -0.25) is 4.79 Å². The predicted molar refractivity (Wildman–Crippen MR) is 67.3 cm³/mol. The lowest BCUT2D eigenvalue weighted by molar-refractivity contribution is -0.129. The normalized spacial score (nSPS) is 27.8. The lowest BCUT2D eigenvalue weighted by Gasteiger charge is -2.37. The Morgan fingerprint density at radius 3 is 2.50 bits per heavy atom. The van der Waals surface area contributed by atoms with Crippen LogP contribution in [-0.2, 0) is 4.79 Å². The first kappa shape index (κ1) is 13.5. The second-order valence-corrected chi connectivity index (χ2v) is 6.11. The third kappa shape index (κ3) is 3.78. The van der Waals surface area contributed by atoms with Crippen molar-refractivity contribution in [3.63, 3.8) is 0 Å². The maximum absolute atomic E-state index is 11.9. The van der Waals surface area contributed by atoms with Crippen LogP contribution in [0.5, 0.6) is 0 Å². The van der Waals surface area contributed by atoms with Gasteiger partial charge in [0, 0.05) is 24.5 Å².